The number of guanidine groups is 1. The fourth-order valence-electron chi connectivity index (χ4n) is 4.73. The first-order chi connectivity index (χ1) is 15.7. The van der Waals surface area contributed by atoms with Crippen LogP contribution in [0.3, 0.4) is 0 Å². The molecule has 0 saturated carbocycles. The van der Waals surface area contributed by atoms with E-state index >= 15 is 0 Å². The van der Waals surface area contributed by atoms with Crippen LogP contribution >= 0.6 is 0 Å². The van der Waals surface area contributed by atoms with Crippen LogP contribution in [0.15, 0.2) is 71.2 Å². The molecule has 1 unspecified atom stereocenters. The highest BCUT2D eigenvalue weighted by molar-refractivity contribution is 6.45. The molecule has 1 atom stereocenters. The van der Waals surface area contributed by atoms with Crippen LogP contribution in [0, 0.1) is 0 Å². The van der Waals surface area contributed by atoms with Crippen LogP contribution in [0.2, 0.25) is 0 Å². The quantitative estimate of drug-likeness (QED) is 0.498. The monoisotopic (exact) mass is 445 g/mol. The molecule has 1 fully saturated rings. The number of esters is 1. The first kappa shape index (κ1) is 22.8. The zero-order valence-corrected chi connectivity index (χ0v) is 20.1. The van der Waals surface area contributed by atoms with E-state index in [4.69, 9.17) is 9.73 Å². The lowest BCUT2D eigenvalue weighted by atomic mass is 9.85. The van der Waals surface area contributed by atoms with E-state index in [2.05, 4.69) is 18.7 Å². The fraction of sp³-hybridized carbons (Fsp3) is 0.370. The Morgan fingerprint density at radius 3 is 1.91 bits per heavy atom. The number of hydrogen-bond acceptors (Lipinski definition) is 4. The third-order valence-electron chi connectivity index (χ3n) is 5.86. The Bertz CT molecular complexity index is 1120. The van der Waals surface area contributed by atoms with Gasteiger partial charge >= 0.3 is 5.97 Å². The molecule has 172 valence electrons. The number of hydrogen-bond donors (Lipinski definition) is 0. The van der Waals surface area contributed by atoms with Crippen LogP contribution in [0.5, 0.6) is 0 Å². The summed E-state index contributed by atoms with van der Waals surface area (Å²) in [5.41, 5.74) is 1.18. The van der Waals surface area contributed by atoms with E-state index in [1.807, 2.05) is 93.3 Å². The van der Waals surface area contributed by atoms with Gasteiger partial charge in [0.2, 0.25) is 11.7 Å². The minimum absolute atomic E-state index is 0.0123. The molecule has 0 radical (unpaired) electrons. The smallest absolute Gasteiger partial charge is 0.382 e. The Morgan fingerprint density at radius 1 is 0.818 bits per heavy atom. The van der Waals surface area contributed by atoms with E-state index in [1.165, 1.54) is 0 Å². The number of rotatable bonds is 5. The molecule has 0 N–H and O–H groups in total. The van der Waals surface area contributed by atoms with Gasteiger partial charge in [0.1, 0.15) is 5.57 Å². The van der Waals surface area contributed by atoms with E-state index in [1.54, 1.807) is 0 Å². The van der Waals surface area contributed by atoms with Crippen molar-refractivity contribution in [2.75, 3.05) is 0 Å². The molecule has 2 aliphatic rings. The summed E-state index contributed by atoms with van der Waals surface area (Å²) in [4.78, 5) is 35.6. The summed E-state index contributed by atoms with van der Waals surface area (Å²) in [7, 11) is 0. The minimum Gasteiger partial charge on any atom is -0.424 e. The van der Waals surface area contributed by atoms with Gasteiger partial charge in [-0.25, -0.2) is 9.79 Å². The van der Waals surface area contributed by atoms with Crippen LogP contribution in [-0.4, -0.2) is 45.6 Å². The van der Waals surface area contributed by atoms with Crippen molar-refractivity contribution in [3.63, 3.8) is 0 Å². The molecule has 1 saturated heterocycles. The number of Topliss-reactive ketones (excluding diaryl/α,β-unsaturated/α-hetero) is 1. The molecule has 2 aromatic carbocycles. The number of carbonyl (C=O) groups excluding carboxylic acids is 2. The Labute approximate surface area is 195 Å². The van der Waals surface area contributed by atoms with Crippen LogP contribution < -0.4 is 0 Å². The molecule has 4 rings (SSSR count). The van der Waals surface area contributed by atoms with Gasteiger partial charge in [-0.2, -0.15) is 0 Å². The number of fused-ring (bicyclic) bond motifs is 1. The minimum atomic E-state index is -1.39. The van der Waals surface area contributed by atoms with E-state index < -0.39 is 17.5 Å². The SMILES string of the molecule is CC(C)N=C1N(C(C)C)C(c2ccccc2)=C2C(=O)C(=O)OC2(c2ccccc2)N1C(C)C. The van der Waals surface area contributed by atoms with Crippen LogP contribution in [-0.2, 0) is 20.1 Å². The molecule has 0 aromatic heterocycles. The summed E-state index contributed by atoms with van der Waals surface area (Å²) in [6.07, 6.45) is 0. The number of benzene rings is 2. The van der Waals surface area contributed by atoms with Crippen molar-refractivity contribution in [1.29, 1.82) is 0 Å². The topological polar surface area (TPSA) is 62.2 Å². The van der Waals surface area contributed by atoms with Crippen molar-refractivity contribution in [2.24, 2.45) is 4.99 Å². The lowest BCUT2D eigenvalue weighted by Crippen LogP contribution is -2.63. The van der Waals surface area contributed by atoms with E-state index in [0.29, 0.717) is 17.2 Å². The summed E-state index contributed by atoms with van der Waals surface area (Å²) in [6, 6.07) is 19.1. The predicted molar refractivity (Wildman–Crippen MR) is 129 cm³/mol. The third-order valence-corrected chi connectivity index (χ3v) is 5.86. The fourth-order valence-corrected chi connectivity index (χ4v) is 4.73. The van der Waals surface area contributed by atoms with Crippen molar-refractivity contribution < 1.29 is 14.3 Å². The highest BCUT2D eigenvalue weighted by Crippen LogP contribution is 2.51. The molecule has 0 amide bonds. The van der Waals surface area contributed by atoms with E-state index in [0.717, 1.165) is 11.1 Å². The molecule has 6 nitrogen and oxygen atoms in total. The average Bonchev–Trinajstić information content (AvgIpc) is 3.04. The number of aliphatic imine (C=N–C) groups is 1. The standard InChI is InChI=1S/C27H31N3O3/c1-17(2)28-26-29(18(3)4)23(20-13-9-7-10-14-20)22-24(31)25(32)33-27(22,30(26)19(5)6)21-15-11-8-12-16-21/h7-19H,1-6H3. The zero-order valence-electron chi connectivity index (χ0n) is 20.1. The van der Waals surface area contributed by atoms with Gasteiger partial charge in [-0.15, -0.1) is 0 Å². The largest absolute Gasteiger partial charge is 0.424 e. The maximum Gasteiger partial charge on any atom is 0.382 e. The van der Waals surface area contributed by atoms with Crippen LogP contribution in [0.4, 0.5) is 0 Å². The molecule has 33 heavy (non-hydrogen) atoms. The van der Waals surface area contributed by atoms with Crippen LogP contribution in [0.1, 0.15) is 52.7 Å². The van der Waals surface area contributed by atoms with Crippen molar-refractivity contribution in [2.45, 2.75) is 65.4 Å². The molecule has 0 spiro atoms. The second-order valence-corrected chi connectivity index (χ2v) is 9.27. The van der Waals surface area contributed by atoms with E-state index in [9.17, 15) is 9.59 Å². The van der Waals surface area contributed by atoms with Gasteiger partial charge in [-0.05, 0) is 47.1 Å². The summed E-state index contributed by atoms with van der Waals surface area (Å²) in [6.45, 7) is 12.2. The first-order valence-electron chi connectivity index (χ1n) is 11.5. The van der Waals surface area contributed by atoms with Crippen molar-refractivity contribution >= 4 is 23.4 Å². The number of carbonyl (C=O) groups is 2. The van der Waals surface area contributed by atoms with Crippen molar-refractivity contribution in [1.82, 2.24) is 9.80 Å². The van der Waals surface area contributed by atoms with E-state index in [-0.39, 0.29) is 18.1 Å². The zero-order chi connectivity index (χ0) is 23.9. The second-order valence-electron chi connectivity index (χ2n) is 9.27. The first-order valence-corrected chi connectivity index (χ1v) is 11.5. The van der Waals surface area contributed by atoms with Gasteiger partial charge in [0, 0.05) is 23.7 Å². The Morgan fingerprint density at radius 2 is 1.39 bits per heavy atom. The van der Waals surface area contributed by atoms with Crippen molar-refractivity contribution in [3.05, 3.63) is 77.4 Å². The molecular weight excluding hydrogens is 414 g/mol. The summed E-state index contributed by atoms with van der Waals surface area (Å²) in [5.74, 6) is -0.774. The molecule has 6 heteroatoms. The Balaban J connectivity index is 2.22. The maximum absolute atomic E-state index is 13.5. The third kappa shape index (κ3) is 3.54. The predicted octanol–water partition coefficient (Wildman–Crippen LogP) is 4.58. The highest BCUT2D eigenvalue weighted by Gasteiger charge is 2.63. The number of ketones is 1. The van der Waals surface area contributed by atoms with Crippen LogP contribution in [0.25, 0.3) is 5.70 Å². The number of nitrogens with zero attached hydrogens (tertiary/aromatic N) is 3. The molecule has 2 aromatic rings. The maximum atomic E-state index is 13.5. The van der Waals surface area contributed by atoms with Gasteiger partial charge in [0.25, 0.3) is 5.78 Å². The lowest BCUT2D eigenvalue weighted by molar-refractivity contribution is -0.164. The van der Waals surface area contributed by atoms with Crippen molar-refractivity contribution in [3.8, 4) is 0 Å². The van der Waals surface area contributed by atoms with Gasteiger partial charge < -0.3 is 9.64 Å². The van der Waals surface area contributed by atoms with Gasteiger partial charge in [0.05, 0.1) is 5.70 Å². The second kappa shape index (κ2) is 8.50. The normalized spacial score (nSPS) is 22.2. The molecule has 0 aliphatic carbocycles. The average molecular weight is 446 g/mol. The summed E-state index contributed by atoms with van der Waals surface area (Å²) in [5, 5.41) is 0. The molecule has 0 bridgehead atoms. The highest BCUT2D eigenvalue weighted by atomic mass is 16.6. The number of ether oxygens (including phenoxy) is 1. The molecular formula is C27H31N3O3. The van der Waals surface area contributed by atoms with Gasteiger partial charge in [0.15, 0.2) is 0 Å². The molecule has 2 aliphatic heterocycles. The lowest BCUT2D eigenvalue weighted by Gasteiger charge is -2.52. The Kier molecular flexibility index (Phi) is 5.87. The summed E-state index contributed by atoms with van der Waals surface area (Å²) < 4.78 is 6.09. The Hall–Kier alpha value is -3.41. The summed E-state index contributed by atoms with van der Waals surface area (Å²) >= 11 is 0. The van der Waals surface area contributed by atoms with Gasteiger partial charge in [-0.3, -0.25) is 9.69 Å². The molecule has 2 heterocycles. The van der Waals surface area contributed by atoms with Gasteiger partial charge in [-0.1, -0.05) is 60.7 Å².